The lowest BCUT2D eigenvalue weighted by atomic mass is 10.0. The molecule has 64 valence electrons. The Kier molecular flexibility index (Phi) is 3.03. The van der Waals surface area contributed by atoms with Gasteiger partial charge in [-0.05, 0) is 24.5 Å². The highest BCUT2D eigenvalue weighted by atomic mass is 14.6. The van der Waals surface area contributed by atoms with Crippen molar-refractivity contribution in [2.75, 3.05) is 7.05 Å². The summed E-state index contributed by atoms with van der Waals surface area (Å²) < 4.78 is 0. The smallest absolute Gasteiger partial charge is 0.0284 e. The van der Waals surface area contributed by atoms with Crippen molar-refractivity contribution >= 4 is 6.21 Å². The minimum absolute atomic E-state index is 1.07. The molecule has 0 N–H and O–H groups in total. The lowest BCUT2D eigenvalue weighted by molar-refractivity contribution is 1.13. The number of hydrogen-bond acceptors (Lipinski definition) is 1. The molecule has 0 spiro atoms. The van der Waals surface area contributed by atoms with Gasteiger partial charge in [-0.15, -0.1) is 0 Å². The number of aryl methyl sites for hydroxylation is 2. The highest BCUT2D eigenvalue weighted by Gasteiger charge is 1.96. The molecule has 0 bridgehead atoms. The SMILES string of the molecule is CCc1cc(C)ccc1/C=N\C. The van der Waals surface area contributed by atoms with Gasteiger partial charge in [-0.1, -0.05) is 30.7 Å². The average molecular weight is 161 g/mol. The molecule has 0 radical (unpaired) electrons. The molecule has 0 atom stereocenters. The van der Waals surface area contributed by atoms with Crippen molar-refractivity contribution < 1.29 is 0 Å². The van der Waals surface area contributed by atoms with Crippen molar-refractivity contribution in [2.24, 2.45) is 4.99 Å². The Hall–Kier alpha value is -1.11. The summed E-state index contributed by atoms with van der Waals surface area (Å²) in [7, 11) is 1.80. The molecule has 1 nitrogen and oxygen atoms in total. The first-order valence-electron chi connectivity index (χ1n) is 4.29. The fourth-order valence-electron chi connectivity index (χ4n) is 1.31. The fraction of sp³-hybridized carbons (Fsp3) is 0.364. The van der Waals surface area contributed by atoms with E-state index in [1.807, 2.05) is 6.21 Å². The Morgan fingerprint density at radius 3 is 2.75 bits per heavy atom. The second-order valence-corrected chi connectivity index (χ2v) is 2.94. The lowest BCUT2D eigenvalue weighted by Gasteiger charge is -2.03. The van der Waals surface area contributed by atoms with E-state index in [9.17, 15) is 0 Å². The Labute approximate surface area is 74.2 Å². The van der Waals surface area contributed by atoms with Crippen molar-refractivity contribution in [2.45, 2.75) is 20.3 Å². The number of hydrogen-bond donors (Lipinski definition) is 0. The first-order valence-corrected chi connectivity index (χ1v) is 4.29. The summed E-state index contributed by atoms with van der Waals surface area (Å²) in [5.41, 5.74) is 3.94. The predicted molar refractivity (Wildman–Crippen MR) is 54.1 cm³/mol. The van der Waals surface area contributed by atoms with Gasteiger partial charge in [0.25, 0.3) is 0 Å². The van der Waals surface area contributed by atoms with Crippen molar-refractivity contribution in [1.82, 2.24) is 0 Å². The minimum Gasteiger partial charge on any atom is -0.296 e. The Bertz CT molecular complexity index is 287. The van der Waals surface area contributed by atoms with Crippen LogP contribution in [0.2, 0.25) is 0 Å². The molecule has 0 heterocycles. The monoisotopic (exact) mass is 161 g/mol. The molecule has 0 amide bonds. The van der Waals surface area contributed by atoms with Crippen LogP contribution >= 0.6 is 0 Å². The molecule has 0 saturated carbocycles. The predicted octanol–water partition coefficient (Wildman–Crippen LogP) is 2.61. The minimum atomic E-state index is 1.07. The quantitative estimate of drug-likeness (QED) is 0.591. The topological polar surface area (TPSA) is 12.4 Å². The molecule has 1 aromatic rings. The highest BCUT2D eigenvalue weighted by molar-refractivity contribution is 5.81. The van der Waals surface area contributed by atoms with Gasteiger partial charge in [0.2, 0.25) is 0 Å². The average Bonchev–Trinajstić information content (AvgIpc) is 2.08. The molecule has 0 aliphatic heterocycles. The maximum Gasteiger partial charge on any atom is 0.0284 e. The summed E-state index contributed by atoms with van der Waals surface area (Å²) in [5.74, 6) is 0. The zero-order valence-electron chi connectivity index (χ0n) is 7.96. The van der Waals surface area contributed by atoms with E-state index in [-0.39, 0.29) is 0 Å². The van der Waals surface area contributed by atoms with Crippen LogP contribution in [0.3, 0.4) is 0 Å². The Morgan fingerprint density at radius 1 is 1.42 bits per heavy atom. The van der Waals surface area contributed by atoms with Gasteiger partial charge >= 0.3 is 0 Å². The Balaban J connectivity index is 3.10. The van der Waals surface area contributed by atoms with Crippen LogP contribution in [-0.4, -0.2) is 13.3 Å². The maximum atomic E-state index is 4.02. The molecule has 1 heteroatoms. The largest absolute Gasteiger partial charge is 0.296 e. The van der Waals surface area contributed by atoms with Gasteiger partial charge < -0.3 is 0 Å². The summed E-state index contributed by atoms with van der Waals surface area (Å²) in [5, 5.41) is 0. The molecule has 12 heavy (non-hydrogen) atoms. The molecule has 1 aromatic carbocycles. The molecule has 0 aliphatic carbocycles. The van der Waals surface area contributed by atoms with Crippen LogP contribution in [0.1, 0.15) is 23.6 Å². The third kappa shape index (κ3) is 1.94. The third-order valence-electron chi connectivity index (χ3n) is 1.95. The third-order valence-corrected chi connectivity index (χ3v) is 1.95. The molecule has 0 aromatic heterocycles. The number of aliphatic imine (C=N–C) groups is 1. The summed E-state index contributed by atoms with van der Waals surface area (Å²) >= 11 is 0. The van der Waals surface area contributed by atoms with E-state index < -0.39 is 0 Å². The number of benzene rings is 1. The zero-order valence-corrected chi connectivity index (χ0v) is 7.96. The summed E-state index contributed by atoms with van der Waals surface area (Å²) in [6.45, 7) is 4.29. The van der Waals surface area contributed by atoms with Crippen LogP contribution in [0, 0.1) is 6.92 Å². The van der Waals surface area contributed by atoms with Gasteiger partial charge in [-0.25, -0.2) is 0 Å². The van der Waals surface area contributed by atoms with E-state index >= 15 is 0 Å². The highest BCUT2D eigenvalue weighted by Crippen LogP contribution is 2.10. The molecule has 0 unspecified atom stereocenters. The van der Waals surface area contributed by atoms with Gasteiger partial charge in [-0.3, -0.25) is 4.99 Å². The van der Waals surface area contributed by atoms with Crippen LogP contribution in [-0.2, 0) is 6.42 Å². The molecular formula is C11H15N. The van der Waals surface area contributed by atoms with Gasteiger partial charge in [0.1, 0.15) is 0 Å². The van der Waals surface area contributed by atoms with Gasteiger partial charge in [0.15, 0.2) is 0 Å². The molecule has 0 saturated heterocycles. The van der Waals surface area contributed by atoms with E-state index in [2.05, 4.69) is 37.0 Å². The van der Waals surface area contributed by atoms with Crippen LogP contribution in [0.25, 0.3) is 0 Å². The van der Waals surface area contributed by atoms with Crippen molar-refractivity contribution in [3.63, 3.8) is 0 Å². The van der Waals surface area contributed by atoms with E-state index in [1.54, 1.807) is 7.05 Å². The second-order valence-electron chi connectivity index (χ2n) is 2.94. The maximum absolute atomic E-state index is 4.02. The number of nitrogens with zero attached hydrogens (tertiary/aromatic N) is 1. The first-order chi connectivity index (χ1) is 5.77. The van der Waals surface area contributed by atoms with E-state index in [0.717, 1.165) is 6.42 Å². The van der Waals surface area contributed by atoms with Crippen LogP contribution in [0.5, 0.6) is 0 Å². The lowest BCUT2D eigenvalue weighted by Crippen LogP contribution is -1.91. The molecule has 0 aliphatic rings. The van der Waals surface area contributed by atoms with Crippen LogP contribution < -0.4 is 0 Å². The van der Waals surface area contributed by atoms with Gasteiger partial charge in [0.05, 0.1) is 0 Å². The van der Waals surface area contributed by atoms with Crippen LogP contribution in [0.4, 0.5) is 0 Å². The fourth-order valence-corrected chi connectivity index (χ4v) is 1.31. The summed E-state index contributed by atoms with van der Waals surface area (Å²) in [6.07, 6.45) is 2.99. The van der Waals surface area contributed by atoms with Crippen molar-refractivity contribution in [3.8, 4) is 0 Å². The summed E-state index contributed by atoms with van der Waals surface area (Å²) in [4.78, 5) is 4.02. The van der Waals surface area contributed by atoms with Crippen molar-refractivity contribution in [3.05, 3.63) is 34.9 Å². The Morgan fingerprint density at radius 2 is 2.17 bits per heavy atom. The van der Waals surface area contributed by atoms with E-state index in [0.29, 0.717) is 0 Å². The van der Waals surface area contributed by atoms with E-state index in [4.69, 9.17) is 0 Å². The van der Waals surface area contributed by atoms with Gasteiger partial charge in [0, 0.05) is 13.3 Å². The van der Waals surface area contributed by atoms with E-state index in [1.165, 1.54) is 16.7 Å². The first kappa shape index (κ1) is 8.98. The second kappa shape index (κ2) is 4.05. The standard InChI is InChI=1S/C11H15N/c1-4-10-7-9(2)5-6-11(10)8-12-3/h5-8H,4H2,1-3H3/b12-8-. The molecule has 1 rings (SSSR count). The molecular weight excluding hydrogens is 146 g/mol. The zero-order chi connectivity index (χ0) is 8.97. The van der Waals surface area contributed by atoms with Gasteiger partial charge in [-0.2, -0.15) is 0 Å². The van der Waals surface area contributed by atoms with Crippen molar-refractivity contribution in [1.29, 1.82) is 0 Å². The normalized spacial score (nSPS) is 10.9. The summed E-state index contributed by atoms with van der Waals surface area (Å²) in [6, 6.07) is 6.47. The van der Waals surface area contributed by atoms with Crippen LogP contribution in [0.15, 0.2) is 23.2 Å². The number of rotatable bonds is 2. The molecule has 0 fully saturated rings.